The van der Waals surface area contributed by atoms with Gasteiger partial charge in [-0.3, -0.25) is 4.79 Å². The summed E-state index contributed by atoms with van der Waals surface area (Å²) in [5.41, 5.74) is -0.932. The topological polar surface area (TPSA) is 66.5 Å². The zero-order valence-electron chi connectivity index (χ0n) is 13.8. The molecule has 5 nitrogen and oxygen atoms in total. The highest BCUT2D eigenvalue weighted by Gasteiger charge is 2.40. The average molecular weight is 416 g/mol. The maximum Gasteiger partial charge on any atom is 0.416 e. The minimum absolute atomic E-state index is 0.0382. The number of amides is 1. The summed E-state index contributed by atoms with van der Waals surface area (Å²) in [6, 6.07) is 10.9. The number of halogens is 3. The SMILES string of the molecule is O=C(Nc1cccc(C(F)(F)F)c1)[C@H]1CSCN1S(=O)(=O)c1ccccc1. The number of benzene rings is 2. The van der Waals surface area contributed by atoms with Gasteiger partial charge in [0.25, 0.3) is 0 Å². The number of alkyl halides is 3. The number of anilines is 1. The molecule has 1 atom stereocenters. The molecule has 2 aromatic rings. The highest BCUT2D eigenvalue weighted by molar-refractivity contribution is 8.00. The molecule has 1 fully saturated rings. The van der Waals surface area contributed by atoms with Crippen molar-refractivity contribution in [2.24, 2.45) is 0 Å². The van der Waals surface area contributed by atoms with Gasteiger partial charge in [-0.2, -0.15) is 17.5 Å². The summed E-state index contributed by atoms with van der Waals surface area (Å²) in [5.74, 6) is -0.353. The van der Waals surface area contributed by atoms with Gasteiger partial charge in [0.15, 0.2) is 0 Å². The number of thioether (sulfide) groups is 1. The van der Waals surface area contributed by atoms with Crippen molar-refractivity contribution in [1.82, 2.24) is 4.31 Å². The normalized spacial score (nSPS) is 18.4. The van der Waals surface area contributed by atoms with Crippen LogP contribution in [0, 0.1) is 0 Å². The Morgan fingerprint density at radius 1 is 1.11 bits per heavy atom. The van der Waals surface area contributed by atoms with E-state index >= 15 is 0 Å². The molecular weight excluding hydrogens is 401 g/mol. The van der Waals surface area contributed by atoms with Crippen molar-refractivity contribution in [2.45, 2.75) is 17.1 Å². The molecule has 0 saturated carbocycles. The summed E-state index contributed by atoms with van der Waals surface area (Å²) in [7, 11) is -3.88. The van der Waals surface area contributed by atoms with Crippen LogP contribution >= 0.6 is 11.8 Å². The predicted molar refractivity (Wildman–Crippen MR) is 96.7 cm³/mol. The first-order valence-electron chi connectivity index (χ1n) is 7.82. The zero-order valence-corrected chi connectivity index (χ0v) is 15.4. The van der Waals surface area contributed by atoms with Gasteiger partial charge in [-0.15, -0.1) is 11.8 Å². The Kier molecular flexibility index (Phi) is 5.50. The maximum absolute atomic E-state index is 12.8. The van der Waals surface area contributed by atoms with Gasteiger partial charge in [-0.1, -0.05) is 24.3 Å². The lowest BCUT2D eigenvalue weighted by Crippen LogP contribution is -2.44. The minimum atomic E-state index is -4.54. The minimum Gasteiger partial charge on any atom is -0.325 e. The summed E-state index contributed by atoms with van der Waals surface area (Å²) >= 11 is 1.26. The number of sulfonamides is 1. The lowest BCUT2D eigenvalue weighted by molar-refractivity contribution is -0.137. The number of rotatable bonds is 4. The van der Waals surface area contributed by atoms with Crippen LogP contribution < -0.4 is 5.32 Å². The van der Waals surface area contributed by atoms with Crippen molar-refractivity contribution in [2.75, 3.05) is 16.9 Å². The summed E-state index contributed by atoms with van der Waals surface area (Å²) in [4.78, 5) is 12.6. The highest BCUT2D eigenvalue weighted by atomic mass is 32.2. The first-order chi connectivity index (χ1) is 12.7. The molecule has 1 saturated heterocycles. The van der Waals surface area contributed by atoms with Gasteiger partial charge in [0.1, 0.15) is 6.04 Å². The number of hydrogen-bond donors (Lipinski definition) is 1. The predicted octanol–water partition coefficient (Wildman–Crippen LogP) is 3.41. The van der Waals surface area contributed by atoms with Gasteiger partial charge >= 0.3 is 6.18 Å². The second-order valence-electron chi connectivity index (χ2n) is 5.79. The van der Waals surface area contributed by atoms with Gasteiger partial charge in [0.2, 0.25) is 15.9 Å². The quantitative estimate of drug-likeness (QED) is 0.830. The van der Waals surface area contributed by atoms with Gasteiger partial charge in [0.05, 0.1) is 16.3 Å². The molecule has 10 heteroatoms. The molecule has 1 heterocycles. The van der Waals surface area contributed by atoms with Crippen LogP contribution in [0.15, 0.2) is 59.5 Å². The second-order valence-corrected chi connectivity index (χ2v) is 8.68. The van der Waals surface area contributed by atoms with E-state index in [1.165, 1.54) is 36.0 Å². The van der Waals surface area contributed by atoms with Crippen molar-refractivity contribution < 1.29 is 26.4 Å². The van der Waals surface area contributed by atoms with Crippen LogP contribution in [-0.4, -0.2) is 36.3 Å². The first kappa shape index (κ1) is 19.7. The Balaban J connectivity index is 1.81. The summed E-state index contributed by atoms with van der Waals surface area (Å²) in [6.45, 7) is 0. The fourth-order valence-electron chi connectivity index (χ4n) is 2.60. The number of hydrogen-bond acceptors (Lipinski definition) is 4. The van der Waals surface area contributed by atoms with E-state index < -0.39 is 33.7 Å². The largest absolute Gasteiger partial charge is 0.416 e. The Hall–Kier alpha value is -2.04. The molecule has 0 unspecified atom stereocenters. The van der Waals surface area contributed by atoms with E-state index in [0.29, 0.717) is 0 Å². The van der Waals surface area contributed by atoms with Gasteiger partial charge < -0.3 is 5.32 Å². The zero-order chi connectivity index (χ0) is 19.7. The van der Waals surface area contributed by atoms with Gasteiger partial charge in [-0.05, 0) is 30.3 Å². The smallest absolute Gasteiger partial charge is 0.325 e. The molecule has 1 amide bonds. The van der Waals surface area contributed by atoms with Crippen LogP contribution in [0.1, 0.15) is 5.56 Å². The van der Waals surface area contributed by atoms with Crippen molar-refractivity contribution in [3.63, 3.8) is 0 Å². The monoisotopic (exact) mass is 416 g/mol. The first-order valence-corrected chi connectivity index (χ1v) is 10.4. The third-order valence-electron chi connectivity index (χ3n) is 3.95. The van der Waals surface area contributed by atoms with E-state index in [0.717, 1.165) is 16.4 Å². The van der Waals surface area contributed by atoms with Gasteiger partial charge in [0, 0.05) is 11.4 Å². The van der Waals surface area contributed by atoms with Crippen LogP contribution in [0.4, 0.5) is 18.9 Å². The average Bonchev–Trinajstić information content (AvgIpc) is 3.13. The number of nitrogens with zero attached hydrogens (tertiary/aromatic N) is 1. The maximum atomic E-state index is 12.8. The van der Waals surface area contributed by atoms with Crippen LogP contribution in [-0.2, 0) is 21.0 Å². The summed E-state index contributed by atoms with van der Waals surface area (Å²) < 4.78 is 65.0. The molecule has 144 valence electrons. The Bertz CT molecular complexity index is 934. The summed E-state index contributed by atoms with van der Waals surface area (Å²) in [6.07, 6.45) is -4.54. The molecule has 1 aliphatic heterocycles. The molecule has 0 aromatic heterocycles. The van der Waals surface area contributed by atoms with Crippen molar-refractivity contribution in [3.05, 3.63) is 60.2 Å². The molecule has 0 radical (unpaired) electrons. The lowest BCUT2D eigenvalue weighted by atomic mass is 10.2. The van der Waals surface area contributed by atoms with Crippen LogP contribution in [0.2, 0.25) is 0 Å². The van der Waals surface area contributed by atoms with Crippen molar-refractivity contribution >= 4 is 33.4 Å². The Labute approximate surface area is 158 Å². The van der Waals surface area contributed by atoms with E-state index in [4.69, 9.17) is 0 Å². The molecule has 0 spiro atoms. The third kappa shape index (κ3) is 4.28. The van der Waals surface area contributed by atoms with Crippen LogP contribution in [0.25, 0.3) is 0 Å². The molecule has 27 heavy (non-hydrogen) atoms. The lowest BCUT2D eigenvalue weighted by Gasteiger charge is -2.22. The summed E-state index contributed by atoms with van der Waals surface area (Å²) in [5, 5.41) is 2.39. The van der Waals surface area contributed by atoms with E-state index in [1.54, 1.807) is 18.2 Å². The molecule has 2 aromatic carbocycles. The molecule has 1 N–H and O–H groups in total. The van der Waals surface area contributed by atoms with Crippen LogP contribution in [0.3, 0.4) is 0 Å². The van der Waals surface area contributed by atoms with E-state index in [9.17, 15) is 26.4 Å². The molecule has 0 bridgehead atoms. The third-order valence-corrected chi connectivity index (χ3v) is 7.00. The fraction of sp³-hybridized carbons (Fsp3) is 0.235. The Morgan fingerprint density at radius 3 is 2.48 bits per heavy atom. The number of carbonyl (C=O) groups is 1. The molecule has 1 aliphatic rings. The second kappa shape index (κ2) is 7.53. The van der Waals surface area contributed by atoms with E-state index in [-0.39, 0.29) is 22.2 Å². The van der Waals surface area contributed by atoms with E-state index in [2.05, 4.69) is 5.32 Å². The molecule has 3 rings (SSSR count). The van der Waals surface area contributed by atoms with E-state index in [1.807, 2.05) is 0 Å². The van der Waals surface area contributed by atoms with Gasteiger partial charge in [-0.25, -0.2) is 8.42 Å². The molecular formula is C17H15F3N2O3S2. The standard InChI is InChI=1S/C17H15F3N2O3S2/c18-17(19,20)12-5-4-6-13(9-12)21-16(23)15-10-26-11-22(15)27(24,25)14-7-2-1-3-8-14/h1-9,15H,10-11H2,(H,21,23)/t15-/m1/s1. The Morgan fingerprint density at radius 2 is 1.81 bits per heavy atom. The molecule has 0 aliphatic carbocycles. The fourth-order valence-corrected chi connectivity index (χ4v) is 5.77. The number of carbonyl (C=O) groups excluding carboxylic acids is 1. The highest BCUT2D eigenvalue weighted by Crippen LogP contribution is 2.32. The van der Waals surface area contributed by atoms with Crippen molar-refractivity contribution in [1.29, 1.82) is 0 Å². The number of nitrogens with one attached hydrogen (secondary N) is 1. The van der Waals surface area contributed by atoms with Crippen molar-refractivity contribution in [3.8, 4) is 0 Å². The van der Waals surface area contributed by atoms with Crippen LogP contribution in [0.5, 0.6) is 0 Å².